The van der Waals surface area contributed by atoms with Crippen molar-refractivity contribution >= 4 is 0 Å². The van der Waals surface area contributed by atoms with Crippen LogP contribution in [0.25, 0.3) is 0 Å². The predicted octanol–water partition coefficient (Wildman–Crippen LogP) is 2.10. The second-order valence-electron chi connectivity index (χ2n) is 2.88. The molecular weight excluding hydrogens is 166 g/mol. The summed E-state index contributed by atoms with van der Waals surface area (Å²) in [5.41, 5.74) is 0. The average Bonchev–Trinajstić information content (AvgIpc) is 2.16. The van der Waals surface area contributed by atoms with Crippen LogP contribution in [0.4, 0.5) is 0 Å². The normalized spacial score (nSPS) is 14.2. The van der Waals surface area contributed by atoms with Crippen LogP contribution in [0.3, 0.4) is 0 Å². The van der Waals surface area contributed by atoms with Gasteiger partial charge < -0.3 is 9.47 Å². The van der Waals surface area contributed by atoms with E-state index in [2.05, 4.69) is 12.6 Å². The Bertz CT molecular complexity index is 174. The van der Waals surface area contributed by atoms with Crippen LogP contribution in [0.2, 0.25) is 0 Å². The summed E-state index contributed by atoms with van der Waals surface area (Å²) in [6.07, 6.45) is 2.23. The van der Waals surface area contributed by atoms with Crippen LogP contribution < -0.4 is 0 Å². The predicted molar refractivity (Wildman–Crippen MR) is 51.0 cm³/mol. The highest BCUT2D eigenvalue weighted by molar-refractivity contribution is 4.81. The first-order valence-electron chi connectivity index (χ1n) is 4.48. The fourth-order valence-corrected chi connectivity index (χ4v) is 0.778. The molecule has 0 saturated heterocycles. The van der Waals surface area contributed by atoms with Crippen molar-refractivity contribution in [3.63, 3.8) is 0 Å². The Morgan fingerprint density at radius 3 is 2.69 bits per heavy atom. The Balaban J connectivity index is 3.50. The third-order valence-corrected chi connectivity index (χ3v) is 1.71. The van der Waals surface area contributed by atoms with Gasteiger partial charge >= 0.3 is 0 Å². The lowest BCUT2D eigenvalue weighted by Gasteiger charge is -2.14. The molecule has 0 heterocycles. The first-order valence-corrected chi connectivity index (χ1v) is 4.48. The van der Waals surface area contributed by atoms with Gasteiger partial charge in [0.15, 0.2) is 0 Å². The smallest absolute Gasteiger partial charge is 0.113 e. The number of nitrogens with zero attached hydrogens (tertiary/aromatic N) is 1. The van der Waals surface area contributed by atoms with Crippen LogP contribution in [-0.4, -0.2) is 19.3 Å². The Hall–Kier alpha value is -1.01. The van der Waals surface area contributed by atoms with Gasteiger partial charge in [-0.2, -0.15) is 5.26 Å². The van der Waals surface area contributed by atoms with Crippen LogP contribution in [0.1, 0.15) is 20.3 Å². The highest BCUT2D eigenvalue weighted by Crippen LogP contribution is 2.03. The van der Waals surface area contributed by atoms with Crippen LogP contribution in [0, 0.1) is 17.2 Å². The van der Waals surface area contributed by atoms with E-state index < -0.39 is 0 Å². The molecule has 0 spiro atoms. The molecule has 0 aromatic heterocycles. The van der Waals surface area contributed by atoms with Crippen molar-refractivity contribution in [1.82, 2.24) is 0 Å². The van der Waals surface area contributed by atoms with Crippen molar-refractivity contribution in [2.45, 2.75) is 26.4 Å². The zero-order chi connectivity index (χ0) is 10.1. The van der Waals surface area contributed by atoms with Crippen molar-refractivity contribution in [3.8, 4) is 6.07 Å². The molecule has 0 N–H and O–H groups in total. The van der Waals surface area contributed by atoms with Crippen LogP contribution in [0.5, 0.6) is 0 Å². The van der Waals surface area contributed by atoms with Crippen molar-refractivity contribution in [3.05, 3.63) is 12.8 Å². The lowest BCUT2D eigenvalue weighted by Crippen LogP contribution is -2.18. The van der Waals surface area contributed by atoms with E-state index >= 15 is 0 Å². The Labute approximate surface area is 80.0 Å². The molecule has 0 amide bonds. The largest absolute Gasteiger partial charge is 0.499 e. The second kappa shape index (κ2) is 7.63. The van der Waals surface area contributed by atoms with Crippen molar-refractivity contribution in [2.24, 2.45) is 5.92 Å². The minimum atomic E-state index is -0.00817. The third kappa shape index (κ3) is 6.18. The molecule has 13 heavy (non-hydrogen) atoms. The van der Waals surface area contributed by atoms with Gasteiger partial charge in [0.25, 0.3) is 0 Å². The summed E-state index contributed by atoms with van der Waals surface area (Å²) < 4.78 is 10.3. The molecule has 2 unspecified atom stereocenters. The molecule has 2 atom stereocenters. The molecule has 0 fully saturated rings. The molecule has 74 valence electrons. The van der Waals surface area contributed by atoms with Gasteiger partial charge in [-0.3, -0.25) is 0 Å². The van der Waals surface area contributed by atoms with Gasteiger partial charge in [-0.25, -0.2) is 0 Å². The summed E-state index contributed by atoms with van der Waals surface area (Å²) in [5.74, 6) is -0.00817. The molecule has 0 bridgehead atoms. The maximum Gasteiger partial charge on any atom is 0.113 e. The number of nitriles is 1. The van der Waals surface area contributed by atoms with Crippen molar-refractivity contribution < 1.29 is 9.47 Å². The Morgan fingerprint density at radius 1 is 1.54 bits per heavy atom. The molecule has 3 heteroatoms. The molecule has 0 aromatic rings. The summed E-state index contributed by atoms with van der Waals surface area (Å²) in [7, 11) is 0. The van der Waals surface area contributed by atoms with Gasteiger partial charge in [0, 0.05) is 0 Å². The van der Waals surface area contributed by atoms with Crippen LogP contribution in [0.15, 0.2) is 12.8 Å². The highest BCUT2D eigenvalue weighted by atomic mass is 16.5. The average molecular weight is 183 g/mol. The minimum absolute atomic E-state index is 0.00817. The molecule has 0 aliphatic rings. The maximum absolute atomic E-state index is 8.64. The number of hydrogen-bond donors (Lipinski definition) is 0. The second-order valence-corrected chi connectivity index (χ2v) is 2.88. The quantitative estimate of drug-likeness (QED) is 0.568. The highest BCUT2D eigenvalue weighted by Gasteiger charge is 2.07. The fraction of sp³-hybridized carbons (Fsp3) is 0.700. The van der Waals surface area contributed by atoms with E-state index in [1.54, 1.807) is 0 Å². The maximum atomic E-state index is 8.64. The van der Waals surface area contributed by atoms with E-state index in [0.29, 0.717) is 13.2 Å². The molecule has 0 aliphatic carbocycles. The summed E-state index contributed by atoms with van der Waals surface area (Å²) in [5, 5.41) is 8.64. The van der Waals surface area contributed by atoms with Gasteiger partial charge in [0.2, 0.25) is 0 Å². The SMILES string of the molecule is C=COCC(C)OCC(C#N)CC. The standard InChI is InChI=1S/C10H17NO2/c1-4-10(6-11)8-13-9(3)7-12-5-2/h5,9-10H,2,4,7-8H2,1,3H3. The molecular formula is C10H17NO2. The fourth-order valence-electron chi connectivity index (χ4n) is 0.778. The molecule has 0 aromatic carbocycles. The summed E-state index contributed by atoms with van der Waals surface area (Å²) >= 11 is 0. The topological polar surface area (TPSA) is 42.2 Å². The van der Waals surface area contributed by atoms with E-state index in [-0.39, 0.29) is 12.0 Å². The van der Waals surface area contributed by atoms with Gasteiger partial charge in [0.05, 0.1) is 31.0 Å². The van der Waals surface area contributed by atoms with E-state index in [0.717, 1.165) is 6.42 Å². The molecule has 0 radical (unpaired) electrons. The van der Waals surface area contributed by atoms with Gasteiger partial charge in [-0.05, 0) is 13.3 Å². The van der Waals surface area contributed by atoms with Crippen LogP contribution >= 0.6 is 0 Å². The molecule has 3 nitrogen and oxygen atoms in total. The summed E-state index contributed by atoms with van der Waals surface area (Å²) in [6, 6.07) is 2.18. The van der Waals surface area contributed by atoms with Crippen molar-refractivity contribution in [1.29, 1.82) is 5.26 Å². The monoisotopic (exact) mass is 183 g/mol. The lowest BCUT2D eigenvalue weighted by atomic mass is 10.1. The zero-order valence-electron chi connectivity index (χ0n) is 8.32. The first-order chi connectivity index (χ1) is 6.24. The van der Waals surface area contributed by atoms with Gasteiger partial charge in [-0.1, -0.05) is 13.5 Å². The van der Waals surface area contributed by atoms with E-state index in [9.17, 15) is 0 Å². The Kier molecular flexibility index (Phi) is 7.04. The van der Waals surface area contributed by atoms with E-state index in [1.165, 1.54) is 6.26 Å². The number of ether oxygens (including phenoxy) is 2. The van der Waals surface area contributed by atoms with E-state index in [4.69, 9.17) is 14.7 Å². The molecule has 0 rings (SSSR count). The lowest BCUT2D eigenvalue weighted by molar-refractivity contribution is 0.00934. The Morgan fingerprint density at radius 2 is 2.23 bits per heavy atom. The van der Waals surface area contributed by atoms with Gasteiger partial charge in [0.1, 0.15) is 6.61 Å². The van der Waals surface area contributed by atoms with Gasteiger partial charge in [-0.15, -0.1) is 0 Å². The minimum Gasteiger partial charge on any atom is -0.499 e. The summed E-state index contributed by atoms with van der Waals surface area (Å²) in [4.78, 5) is 0. The number of rotatable bonds is 7. The van der Waals surface area contributed by atoms with Crippen LogP contribution in [-0.2, 0) is 9.47 Å². The number of hydrogen-bond acceptors (Lipinski definition) is 3. The van der Waals surface area contributed by atoms with Crippen molar-refractivity contribution in [2.75, 3.05) is 13.2 Å². The zero-order valence-corrected chi connectivity index (χ0v) is 8.32. The third-order valence-electron chi connectivity index (χ3n) is 1.71. The first kappa shape index (κ1) is 12.0. The molecule has 0 aliphatic heterocycles. The molecule has 0 saturated carbocycles. The van der Waals surface area contributed by atoms with E-state index in [1.807, 2.05) is 13.8 Å². The summed E-state index contributed by atoms with van der Waals surface area (Å²) in [6.45, 7) is 8.29.